The molecule has 0 saturated carbocycles. The van der Waals surface area contributed by atoms with Crippen molar-refractivity contribution in [3.8, 4) is 5.75 Å². The molecule has 27 heavy (non-hydrogen) atoms. The predicted octanol–water partition coefficient (Wildman–Crippen LogP) is 4.99. The zero-order valence-corrected chi connectivity index (χ0v) is 15.6. The van der Waals surface area contributed by atoms with Gasteiger partial charge in [-0.3, -0.25) is 0 Å². The minimum Gasteiger partial charge on any atom is -0.496 e. The van der Waals surface area contributed by atoms with Gasteiger partial charge in [-0.05, 0) is 23.3 Å². The predicted molar refractivity (Wildman–Crippen MR) is 111 cm³/mol. The van der Waals surface area contributed by atoms with E-state index in [1.54, 1.807) is 7.11 Å². The number of benzene rings is 3. The molecule has 1 aromatic heterocycles. The number of hydrogen-bond acceptors (Lipinski definition) is 2. The Labute approximate surface area is 160 Å². The van der Waals surface area contributed by atoms with Crippen molar-refractivity contribution in [3.63, 3.8) is 0 Å². The second-order valence-electron chi connectivity index (χ2n) is 6.70. The molecule has 1 N–H and O–H groups in total. The summed E-state index contributed by atoms with van der Waals surface area (Å²) in [6.07, 6.45) is 2.27. The van der Waals surface area contributed by atoms with E-state index < -0.39 is 0 Å². The van der Waals surface area contributed by atoms with E-state index in [-0.39, 0.29) is 0 Å². The number of nitrogens with zero attached hydrogens (tertiary/aromatic N) is 1. The molecule has 0 aliphatic heterocycles. The molecule has 0 aliphatic rings. The molecule has 0 spiro atoms. The van der Waals surface area contributed by atoms with Crippen LogP contribution in [0.15, 0.2) is 85.1 Å². The highest BCUT2D eigenvalue weighted by Gasteiger charge is 2.09. The van der Waals surface area contributed by atoms with E-state index >= 15 is 0 Å². The van der Waals surface area contributed by atoms with Crippen LogP contribution in [0, 0.1) is 0 Å². The van der Waals surface area contributed by atoms with Gasteiger partial charge in [-0.1, -0.05) is 66.7 Å². The zero-order chi connectivity index (χ0) is 18.5. The smallest absolute Gasteiger partial charge is 0.123 e. The van der Waals surface area contributed by atoms with Crippen LogP contribution in [0.25, 0.3) is 10.9 Å². The average molecular weight is 356 g/mol. The number of rotatable bonds is 7. The lowest BCUT2D eigenvalue weighted by Gasteiger charge is -2.09. The van der Waals surface area contributed by atoms with Gasteiger partial charge in [0, 0.05) is 42.3 Å². The lowest BCUT2D eigenvalue weighted by molar-refractivity contribution is 0.407. The number of aromatic nitrogens is 1. The molecule has 0 radical (unpaired) electrons. The van der Waals surface area contributed by atoms with Crippen molar-refractivity contribution in [2.45, 2.75) is 19.6 Å². The number of hydrogen-bond donors (Lipinski definition) is 1. The van der Waals surface area contributed by atoms with Crippen LogP contribution in [0.5, 0.6) is 5.75 Å². The summed E-state index contributed by atoms with van der Waals surface area (Å²) < 4.78 is 7.78. The summed E-state index contributed by atoms with van der Waals surface area (Å²) in [5, 5.41) is 4.88. The first-order valence-electron chi connectivity index (χ1n) is 9.28. The van der Waals surface area contributed by atoms with E-state index in [1.807, 2.05) is 18.2 Å². The van der Waals surface area contributed by atoms with Gasteiger partial charge in [0.05, 0.1) is 7.11 Å². The fraction of sp³-hybridized carbons (Fsp3) is 0.167. The van der Waals surface area contributed by atoms with Crippen LogP contribution >= 0.6 is 0 Å². The van der Waals surface area contributed by atoms with E-state index in [0.717, 1.165) is 25.4 Å². The minimum absolute atomic E-state index is 0.780. The summed E-state index contributed by atoms with van der Waals surface area (Å²) in [5.41, 5.74) is 5.08. The lowest BCUT2D eigenvalue weighted by Crippen LogP contribution is -2.13. The van der Waals surface area contributed by atoms with E-state index in [2.05, 4.69) is 76.7 Å². The molecule has 136 valence electrons. The van der Waals surface area contributed by atoms with E-state index in [9.17, 15) is 0 Å². The third-order valence-corrected chi connectivity index (χ3v) is 4.89. The Morgan fingerprint density at radius 2 is 1.48 bits per heavy atom. The molecule has 3 aromatic carbocycles. The van der Waals surface area contributed by atoms with Crippen LogP contribution in [0.4, 0.5) is 0 Å². The summed E-state index contributed by atoms with van der Waals surface area (Å²) in [5.74, 6) is 0.927. The SMILES string of the molecule is COc1ccccc1CNCc1cn(Cc2ccccc2)c2ccccc12. The van der Waals surface area contributed by atoms with E-state index in [0.29, 0.717) is 0 Å². The number of fused-ring (bicyclic) bond motifs is 1. The summed E-state index contributed by atoms with van der Waals surface area (Å²) in [4.78, 5) is 0. The molecule has 0 fully saturated rings. The highest BCUT2D eigenvalue weighted by atomic mass is 16.5. The monoisotopic (exact) mass is 356 g/mol. The molecule has 1 heterocycles. The van der Waals surface area contributed by atoms with Gasteiger partial charge in [-0.25, -0.2) is 0 Å². The van der Waals surface area contributed by atoms with Crippen molar-refractivity contribution in [1.82, 2.24) is 9.88 Å². The molecule has 0 saturated heterocycles. The second kappa shape index (κ2) is 8.11. The Balaban J connectivity index is 1.53. The van der Waals surface area contributed by atoms with Crippen molar-refractivity contribution < 1.29 is 4.74 Å². The lowest BCUT2D eigenvalue weighted by atomic mass is 10.1. The van der Waals surface area contributed by atoms with Crippen LogP contribution in [0.1, 0.15) is 16.7 Å². The number of methoxy groups -OCH3 is 1. The maximum Gasteiger partial charge on any atom is 0.123 e. The maximum atomic E-state index is 5.44. The molecule has 0 amide bonds. The van der Waals surface area contributed by atoms with Crippen molar-refractivity contribution in [1.29, 1.82) is 0 Å². The van der Waals surface area contributed by atoms with Crippen molar-refractivity contribution in [3.05, 3.63) is 102 Å². The fourth-order valence-corrected chi connectivity index (χ4v) is 3.56. The van der Waals surface area contributed by atoms with Gasteiger partial charge in [-0.15, -0.1) is 0 Å². The van der Waals surface area contributed by atoms with Gasteiger partial charge in [0.1, 0.15) is 5.75 Å². The van der Waals surface area contributed by atoms with Crippen molar-refractivity contribution in [2.24, 2.45) is 0 Å². The largest absolute Gasteiger partial charge is 0.496 e. The second-order valence-corrected chi connectivity index (χ2v) is 6.70. The van der Waals surface area contributed by atoms with Gasteiger partial charge < -0.3 is 14.6 Å². The molecule has 0 aliphatic carbocycles. The molecular formula is C24H24N2O. The number of nitrogens with one attached hydrogen (secondary N) is 1. The van der Waals surface area contributed by atoms with E-state index in [1.165, 1.54) is 27.6 Å². The summed E-state index contributed by atoms with van der Waals surface area (Å²) in [6, 6.07) is 27.4. The number of para-hydroxylation sites is 2. The Bertz CT molecular complexity index is 1020. The first kappa shape index (κ1) is 17.4. The first-order valence-corrected chi connectivity index (χ1v) is 9.28. The van der Waals surface area contributed by atoms with Gasteiger partial charge in [0.15, 0.2) is 0 Å². The molecule has 3 nitrogen and oxygen atoms in total. The topological polar surface area (TPSA) is 26.2 Å². The highest BCUT2D eigenvalue weighted by Crippen LogP contribution is 2.23. The normalized spacial score (nSPS) is 11.0. The highest BCUT2D eigenvalue weighted by molar-refractivity contribution is 5.84. The van der Waals surface area contributed by atoms with Crippen LogP contribution in [-0.2, 0) is 19.6 Å². The minimum atomic E-state index is 0.780. The molecular weight excluding hydrogens is 332 g/mol. The Morgan fingerprint density at radius 1 is 0.778 bits per heavy atom. The van der Waals surface area contributed by atoms with Gasteiger partial charge in [-0.2, -0.15) is 0 Å². The van der Waals surface area contributed by atoms with Crippen LogP contribution in [0.3, 0.4) is 0 Å². The molecule has 0 atom stereocenters. The first-order chi connectivity index (χ1) is 13.3. The van der Waals surface area contributed by atoms with Crippen molar-refractivity contribution in [2.75, 3.05) is 7.11 Å². The summed E-state index contributed by atoms with van der Waals surface area (Å²) in [7, 11) is 1.72. The van der Waals surface area contributed by atoms with Gasteiger partial charge in [0.25, 0.3) is 0 Å². The van der Waals surface area contributed by atoms with Gasteiger partial charge >= 0.3 is 0 Å². The Hall–Kier alpha value is -3.04. The van der Waals surface area contributed by atoms with E-state index in [4.69, 9.17) is 4.74 Å². The third kappa shape index (κ3) is 3.88. The summed E-state index contributed by atoms with van der Waals surface area (Å²) >= 11 is 0. The molecule has 4 aromatic rings. The number of ether oxygens (including phenoxy) is 1. The molecule has 4 rings (SSSR count). The van der Waals surface area contributed by atoms with Crippen LogP contribution < -0.4 is 10.1 Å². The quantitative estimate of drug-likeness (QED) is 0.505. The molecule has 3 heteroatoms. The third-order valence-electron chi connectivity index (χ3n) is 4.89. The standard InChI is InChI=1S/C24H24N2O/c1-27-24-14-8-5-11-20(24)15-25-16-21-18-26(17-19-9-3-2-4-10-19)23-13-7-6-12-22(21)23/h2-14,18,25H,15-17H2,1H3. The summed E-state index contributed by atoms with van der Waals surface area (Å²) in [6.45, 7) is 2.48. The zero-order valence-electron chi connectivity index (χ0n) is 15.6. The average Bonchev–Trinajstić information content (AvgIpc) is 3.07. The van der Waals surface area contributed by atoms with Crippen molar-refractivity contribution >= 4 is 10.9 Å². The van der Waals surface area contributed by atoms with Crippen LogP contribution in [-0.4, -0.2) is 11.7 Å². The maximum absolute atomic E-state index is 5.44. The fourth-order valence-electron chi connectivity index (χ4n) is 3.56. The Kier molecular flexibility index (Phi) is 5.22. The molecule has 0 bridgehead atoms. The van der Waals surface area contributed by atoms with Gasteiger partial charge in [0.2, 0.25) is 0 Å². The molecule has 0 unspecified atom stereocenters. The van der Waals surface area contributed by atoms with Crippen LogP contribution in [0.2, 0.25) is 0 Å². The Morgan fingerprint density at radius 3 is 2.33 bits per heavy atom.